The van der Waals surface area contributed by atoms with Crippen LogP contribution in [0.25, 0.3) is 11.1 Å². The van der Waals surface area contributed by atoms with E-state index in [0.717, 1.165) is 53.7 Å². The maximum atomic E-state index is 13.4. The molecular weight excluding hydrogens is 546 g/mol. The molecule has 0 fully saturated rings. The summed E-state index contributed by atoms with van der Waals surface area (Å²) >= 11 is 7.78. The number of hydroxylamine groups is 1. The molecule has 0 spiro atoms. The molecule has 8 heteroatoms. The third-order valence-corrected chi connectivity index (χ3v) is 8.30. The summed E-state index contributed by atoms with van der Waals surface area (Å²) in [5.74, 6) is -0.598. The lowest BCUT2D eigenvalue weighted by Crippen LogP contribution is -2.29. The highest BCUT2D eigenvalue weighted by Gasteiger charge is 2.33. The van der Waals surface area contributed by atoms with Crippen LogP contribution < -0.4 is 9.80 Å². The Balaban J connectivity index is 1.60. The van der Waals surface area contributed by atoms with Gasteiger partial charge in [0.25, 0.3) is 5.91 Å². The molecule has 1 aliphatic carbocycles. The third kappa shape index (κ3) is 5.92. The Hall–Kier alpha value is -3.65. The Bertz CT molecular complexity index is 1500. The number of benzene rings is 3. The van der Waals surface area contributed by atoms with Gasteiger partial charge in [-0.1, -0.05) is 84.4 Å². The number of carbonyl (C=O) groups is 2. The number of amides is 1. The van der Waals surface area contributed by atoms with Crippen molar-refractivity contribution in [3.05, 3.63) is 105 Å². The van der Waals surface area contributed by atoms with Crippen molar-refractivity contribution in [1.82, 2.24) is 0 Å². The van der Waals surface area contributed by atoms with Gasteiger partial charge in [-0.2, -0.15) is 5.06 Å². The van der Waals surface area contributed by atoms with Gasteiger partial charge < -0.3 is 9.47 Å². The fraction of sp³-hybridized carbons (Fsp3) is 0.250. The van der Waals surface area contributed by atoms with Crippen LogP contribution in [0.2, 0.25) is 4.34 Å². The van der Waals surface area contributed by atoms with Crippen molar-refractivity contribution in [3.63, 3.8) is 0 Å². The number of aryl methyl sites for hydroxylation is 1. The van der Waals surface area contributed by atoms with Gasteiger partial charge >= 0.3 is 5.97 Å². The second-order valence-electron chi connectivity index (χ2n) is 9.58. The predicted octanol–water partition coefficient (Wildman–Crippen LogP) is 7.67. The van der Waals surface area contributed by atoms with Gasteiger partial charge in [0, 0.05) is 11.1 Å². The van der Waals surface area contributed by atoms with Gasteiger partial charge in [-0.15, -0.1) is 11.3 Å². The van der Waals surface area contributed by atoms with E-state index >= 15 is 0 Å². The summed E-state index contributed by atoms with van der Waals surface area (Å²) in [7, 11) is 0. The van der Waals surface area contributed by atoms with Gasteiger partial charge in [-0.3, -0.25) is 10.0 Å². The summed E-state index contributed by atoms with van der Waals surface area (Å²) in [6.07, 6.45) is 3.88. The van der Waals surface area contributed by atoms with Gasteiger partial charge in [0.2, 0.25) is 0 Å². The average Bonchev–Trinajstić information content (AvgIpc) is 3.33. The largest absolute Gasteiger partial charge is 0.488 e. The molecule has 1 amide bonds. The van der Waals surface area contributed by atoms with E-state index in [-0.39, 0.29) is 27.9 Å². The van der Waals surface area contributed by atoms with Gasteiger partial charge in [-0.05, 0) is 54.9 Å². The second kappa shape index (κ2) is 12.7. The molecule has 0 aliphatic heterocycles. The van der Waals surface area contributed by atoms with Crippen LogP contribution >= 0.6 is 22.9 Å². The summed E-state index contributed by atoms with van der Waals surface area (Å²) in [6, 6.07) is 22.9. The number of rotatable bonds is 9. The lowest BCUT2D eigenvalue weighted by molar-refractivity contribution is -0.122. The summed E-state index contributed by atoms with van der Waals surface area (Å²) in [5.41, 5.74) is 5.12. The molecule has 6 nitrogen and oxygen atoms in total. The van der Waals surface area contributed by atoms with E-state index in [4.69, 9.17) is 21.1 Å². The van der Waals surface area contributed by atoms with E-state index < -0.39 is 11.9 Å². The summed E-state index contributed by atoms with van der Waals surface area (Å²) in [5, 5.41) is 11.6. The van der Waals surface area contributed by atoms with Crippen molar-refractivity contribution in [2.24, 2.45) is 0 Å². The zero-order chi connectivity index (χ0) is 28.1. The monoisotopic (exact) mass is 575 g/mol. The highest BCUT2D eigenvalue weighted by molar-refractivity contribution is 7.21. The van der Waals surface area contributed by atoms with E-state index in [1.807, 2.05) is 54.6 Å². The molecule has 1 aromatic heterocycles. The molecule has 0 bridgehead atoms. The van der Waals surface area contributed by atoms with Crippen LogP contribution in [-0.4, -0.2) is 23.7 Å². The number of hydrogen-bond acceptors (Lipinski definition) is 6. The van der Waals surface area contributed by atoms with Gasteiger partial charge in [0.1, 0.15) is 27.3 Å². The first-order valence-corrected chi connectivity index (χ1v) is 14.5. The molecule has 0 atom stereocenters. The number of esters is 1. The molecule has 0 radical (unpaired) electrons. The van der Waals surface area contributed by atoms with Crippen molar-refractivity contribution in [2.75, 3.05) is 11.7 Å². The second-order valence-corrected chi connectivity index (χ2v) is 11.2. The number of ether oxygens (including phenoxy) is 2. The van der Waals surface area contributed by atoms with E-state index in [2.05, 4.69) is 6.07 Å². The number of anilines is 1. The van der Waals surface area contributed by atoms with Crippen LogP contribution in [0.15, 0.2) is 72.8 Å². The molecule has 0 saturated heterocycles. The minimum atomic E-state index is -0.672. The molecule has 5 rings (SSSR count). The minimum absolute atomic E-state index is 0.0195. The number of hydrogen-bond donors (Lipinski definition) is 1. The predicted molar refractivity (Wildman–Crippen MR) is 158 cm³/mol. The van der Waals surface area contributed by atoms with E-state index in [1.165, 1.54) is 5.56 Å². The number of halogens is 1. The Morgan fingerprint density at radius 2 is 1.62 bits per heavy atom. The molecule has 1 heterocycles. The van der Waals surface area contributed by atoms with Gasteiger partial charge in [0.05, 0.1) is 13.0 Å². The molecule has 3 aromatic carbocycles. The van der Waals surface area contributed by atoms with E-state index in [0.29, 0.717) is 28.5 Å². The molecule has 1 N–H and O–H groups in total. The van der Waals surface area contributed by atoms with Gasteiger partial charge in [0.15, 0.2) is 0 Å². The van der Waals surface area contributed by atoms with Crippen LogP contribution in [0.3, 0.4) is 0 Å². The van der Waals surface area contributed by atoms with Crippen molar-refractivity contribution in [3.8, 4) is 16.9 Å². The topological polar surface area (TPSA) is 76.1 Å². The van der Waals surface area contributed by atoms with Crippen LogP contribution in [-0.2, 0) is 35.4 Å². The Labute approximate surface area is 242 Å². The van der Waals surface area contributed by atoms with Crippen molar-refractivity contribution < 1.29 is 24.3 Å². The number of thiophene rings is 1. The quantitative estimate of drug-likeness (QED) is 0.126. The van der Waals surface area contributed by atoms with Crippen LogP contribution in [0, 0.1) is 0 Å². The van der Waals surface area contributed by atoms with Crippen LogP contribution in [0.1, 0.15) is 52.4 Å². The van der Waals surface area contributed by atoms with Crippen molar-refractivity contribution >= 4 is 39.8 Å². The lowest BCUT2D eigenvalue weighted by atomic mass is 9.87. The first-order chi connectivity index (χ1) is 19.5. The summed E-state index contributed by atoms with van der Waals surface area (Å²) in [6.45, 7) is 2.17. The third-order valence-electron chi connectivity index (χ3n) is 6.93. The normalized spacial score (nSPS) is 12.5. The molecule has 0 unspecified atom stereocenters. The first-order valence-electron chi connectivity index (χ1n) is 13.3. The highest BCUT2D eigenvalue weighted by atomic mass is 35.5. The maximum absolute atomic E-state index is 13.4. The zero-order valence-corrected chi connectivity index (χ0v) is 23.8. The number of nitrogens with zero attached hydrogens (tertiary/aromatic N) is 1. The standard InChI is InChI=1S/C32H30ClNO5S/c1-2-38-32(36)28-27(30(33)40-31(28)34(37)26(35)19-21-11-5-3-6-12-21)25-18-17-23-15-9-10-16-24(23)29(25)39-20-22-13-7-4-8-14-22/h3-8,11-14,17-18,37H,2,9-10,15-16,19-20H2,1H3. The molecule has 40 heavy (non-hydrogen) atoms. The van der Waals surface area contributed by atoms with Crippen LogP contribution in [0.4, 0.5) is 5.00 Å². The first kappa shape index (κ1) is 27.9. The molecule has 1 aliphatic rings. The van der Waals surface area contributed by atoms with Crippen molar-refractivity contribution in [2.45, 2.75) is 45.6 Å². The van der Waals surface area contributed by atoms with Crippen molar-refractivity contribution in [1.29, 1.82) is 0 Å². The minimum Gasteiger partial charge on any atom is -0.488 e. The SMILES string of the molecule is CCOC(=O)c1c(N(O)C(=O)Cc2ccccc2)sc(Cl)c1-c1ccc2c(c1OCc1ccccc1)CCCC2. The zero-order valence-electron chi connectivity index (χ0n) is 22.2. The number of carbonyl (C=O) groups excluding carboxylic acids is 2. The fourth-order valence-electron chi connectivity index (χ4n) is 5.02. The highest BCUT2D eigenvalue weighted by Crippen LogP contribution is 2.50. The Kier molecular flexibility index (Phi) is 8.85. The van der Waals surface area contributed by atoms with Crippen LogP contribution in [0.5, 0.6) is 5.75 Å². The Morgan fingerprint density at radius 1 is 0.950 bits per heavy atom. The lowest BCUT2D eigenvalue weighted by Gasteiger charge is -2.23. The molecular formula is C32H30ClNO5S. The fourth-order valence-corrected chi connectivity index (χ4v) is 6.39. The smallest absolute Gasteiger partial charge is 0.341 e. The van der Waals surface area contributed by atoms with E-state index in [1.54, 1.807) is 19.1 Å². The molecule has 0 saturated carbocycles. The molecule has 206 valence electrons. The summed E-state index contributed by atoms with van der Waals surface area (Å²) < 4.78 is 12.1. The summed E-state index contributed by atoms with van der Waals surface area (Å²) in [4.78, 5) is 26.5. The Morgan fingerprint density at radius 3 is 2.33 bits per heavy atom. The maximum Gasteiger partial charge on any atom is 0.341 e. The average molecular weight is 576 g/mol. The van der Waals surface area contributed by atoms with Gasteiger partial charge in [-0.25, -0.2) is 4.79 Å². The van der Waals surface area contributed by atoms with E-state index in [9.17, 15) is 14.8 Å². The number of fused-ring (bicyclic) bond motifs is 1. The molecule has 4 aromatic rings.